The standard InChI is InChI=1S/C3H10O5Si/c1-2-3(4)8-9(5,6)7/h3-7H,2H2,1H3. The van der Waals surface area contributed by atoms with E-state index in [9.17, 15) is 0 Å². The van der Waals surface area contributed by atoms with Gasteiger partial charge in [-0.2, -0.15) is 0 Å². The lowest BCUT2D eigenvalue weighted by Crippen LogP contribution is -2.42. The molecule has 0 bridgehead atoms. The fourth-order valence-electron chi connectivity index (χ4n) is 0.266. The molecule has 0 spiro atoms. The molecule has 0 rings (SSSR count). The van der Waals surface area contributed by atoms with Crippen molar-refractivity contribution in [3.63, 3.8) is 0 Å². The molecule has 5 nitrogen and oxygen atoms in total. The van der Waals surface area contributed by atoms with Crippen LogP contribution < -0.4 is 0 Å². The first-order valence-electron chi connectivity index (χ1n) is 2.48. The minimum atomic E-state index is -4.49. The lowest BCUT2D eigenvalue weighted by Gasteiger charge is -2.13. The minimum Gasteiger partial charge on any atom is -0.369 e. The predicted molar refractivity (Wildman–Crippen MR) is 29.8 cm³/mol. The molecule has 0 fully saturated rings. The molecule has 1 atom stereocenters. The van der Waals surface area contributed by atoms with E-state index >= 15 is 0 Å². The smallest absolute Gasteiger partial charge is 0.369 e. The molecular formula is C3H10O5Si. The lowest BCUT2D eigenvalue weighted by atomic mass is 10.5. The monoisotopic (exact) mass is 154 g/mol. The van der Waals surface area contributed by atoms with Crippen LogP contribution in [0.2, 0.25) is 0 Å². The minimum absolute atomic E-state index is 0.205. The Morgan fingerprint density at radius 1 is 1.44 bits per heavy atom. The molecule has 0 aliphatic rings. The van der Waals surface area contributed by atoms with Crippen LogP contribution in [0.4, 0.5) is 0 Å². The van der Waals surface area contributed by atoms with E-state index in [0.29, 0.717) is 0 Å². The molecule has 0 amide bonds. The van der Waals surface area contributed by atoms with Crippen molar-refractivity contribution in [1.82, 2.24) is 0 Å². The Balaban J connectivity index is 3.47. The highest BCUT2D eigenvalue weighted by Gasteiger charge is 2.33. The first-order chi connectivity index (χ1) is 3.95. The molecule has 0 aliphatic heterocycles. The van der Waals surface area contributed by atoms with Gasteiger partial charge in [-0.15, -0.1) is 0 Å². The summed E-state index contributed by atoms with van der Waals surface area (Å²) in [5.41, 5.74) is 0. The predicted octanol–water partition coefficient (Wildman–Crippen LogP) is -1.86. The van der Waals surface area contributed by atoms with Crippen molar-refractivity contribution in [2.75, 3.05) is 0 Å². The lowest BCUT2D eigenvalue weighted by molar-refractivity contribution is -0.0880. The van der Waals surface area contributed by atoms with Gasteiger partial charge in [0.1, 0.15) is 6.29 Å². The van der Waals surface area contributed by atoms with Gasteiger partial charge in [-0.05, 0) is 6.42 Å². The number of aliphatic hydroxyl groups is 1. The number of hydrogen-bond donors (Lipinski definition) is 4. The van der Waals surface area contributed by atoms with Crippen LogP contribution in [0.25, 0.3) is 0 Å². The Bertz CT molecular complexity index is 78.8. The van der Waals surface area contributed by atoms with Crippen LogP contribution in [0, 0.1) is 0 Å². The largest absolute Gasteiger partial charge is 0.673 e. The molecule has 0 aromatic rings. The van der Waals surface area contributed by atoms with Crippen LogP contribution in [0.3, 0.4) is 0 Å². The zero-order chi connectivity index (χ0) is 7.49. The molecule has 56 valence electrons. The molecule has 0 heterocycles. The van der Waals surface area contributed by atoms with Crippen molar-refractivity contribution in [3.05, 3.63) is 0 Å². The van der Waals surface area contributed by atoms with E-state index in [2.05, 4.69) is 4.43 Å². The average molecular weight is 154 g/mol. The molecule has 0 aliphatic carbocycles. The number of rotatable bonds is 3. The van der Waals surface area contributed by atoms with Gasteiger partial charge in [-0.1, -0.05) is 6.92 Å². The molecule has 0 aromatic carbocycles. The van der Waals surface area contributed by atoms with Crippen molar-refractivity contribution in [3.8, 4) is 0 Å². The topological polar surface area (TPSA) is 90.2 Å². The summed E-state index contributed by atoms with van der Waals surface area (Å²) in [7, 11) is -4.49. The molecule has 0 radical (unpaired) electrons. The summed E-state index contributed by atoms with van der Waals surface area (Å²) in [6.07, 6.45) is -1.09. The van der Waals surface area contributed by atoms with Crippen molar-refractivity contribution < 1.29 is 23.9 Å². The molecule has 0 aromatic heterocycles. The molecule has 6 heteroatoms. The highest BCUT2D eigenvalue weighted by molar-refractivity contribution is 6.48. The van der Waals surface area contributed by atoms with Gasteiger partial charge < -0.3 is 23.9 Å². The maximum absolute atomic E-state index is 8.53. The summed E-state index contributed by atoms with van der Waals surface area (Å²) >= 11 is 0. The van der Waals surface area contributed by atoms with Gasteiger partial charge in [0.2, 0.25) is 0 Å². The number of hydrogen-bond acceptors (Lipinski definition) is 5. The normalized spacial score (nSPS) is 15.7. The van der Waals surface area contributed by atoms with E-state index in [1.165, 1.54) is 0 Å². The maximum Gasteiger partial charge on any atom is 0.673 e. The second-order valence-corrected chi connectivity index (χ2v) is 2.94. The van der Waals surface area contributed by atoms with Crippen LogP contribution in [-0.2, 0) is 4.43 Å². The van der Waals surface area contributed by atoms with E-state index in [4.69, 9.17) is 19.5 Å². The van der Waals surface area contributed by atoms with Crippen molar-refractivity contribution in [2.45, 2.75) is 19.6 Å². The van der Waals surface area contributed by atoms with Gasteiger partial charge in [-0.25, -0.2) is 0 Å². The Labute approximate surface area is 53.6 Å². The highest BCUT2D eigenvalue weighted by Crippen LogP contribution is 1.97. The van der Waals surface area contributed by atoms with Crippen LogP contribution in [0.15, 0.2) is 0 Å². The zero-order valence-electron chi connectivity index (χ0n) is 4.98. The van der Waals surface area contributed by atoms with Crippen LogP contribution >= 0.6 is 0 Å². The Hall–Kier alpha value is 0.0169. The maximum atomic E-state index is 8.53. The van der Waals surface area contributed by atoms with E-state index in [1.807, 2.05) is 0 Å². The zero-order valence-corrected chi connectivity index (χ0v) is 5.98. The molecule has 0 saturated heterocycles. The van der Waals surface area contributed by atoms with E-state index in [1.54, 1.807) is 6.92 Å². The fraction of sp³-hybridized carbons (Fsp3) is 1.00. The summed E-state index contributed by atoms with van der Waals surface area (Å²) in [4.78, 5) is 24.6. The fourth-order valence-corrected chi connectivity index (χ4v) is 0.798. The van der Waals surface area contributed by atoms with Gasteiger partial charge >= 0.3 is 9.05 Å². The Kier molecular flexibility index (Phi) is 3.26. The van der Waals surface area contributed by atoms with Crippen molar-refractivity contribution in [2.24, 2.45) is 0 Å². The van der Waals surface area contributed by atoms with Crippen molar-refractivity contribution >= 4 is 9.05 Å². The van der Waals surface area contributed by atoms with Gasteiger partial charge in [0.15, 0.2) is 0 Å². The summed E-state index contributed by atoms with van der Waals surface area (Å²) < 4.78 is 3.95. The summed E-state index contributed by atoms with van der Waals surface area (Å²) in [6.45, 7) is 1.57. The second kappa shape index (κ2) is 3.25. The SMILES string of the molecule is CCC(O)O[Si](O)(O)O. The van der Waals surface area contributed by atoms with Crippen LogP contribution in [-0.4, -0.2) is 34.8 Å². The molecular weight excluding hydrogens is 144 g/mol. The molecule has 9 heavy (non-hydrogen) atoms. The first-order valence-corrected chi connectivity index (χ1v) is 4.23. The molecule has 4 N–H and O–H groups in total. The Morgan fingerprint density at radius 2 is 1.89 bits per heavy atom. The third-order valence-electron chi connectivity index (χ3n) is 0.643. The molecule has 1 unspecified atom stereocenters. The van der Waals surface area contributed by atoms with Gasteiger partial charge in [0.05, 0.1) is 0 Å². The average Bonchev–Trinajstić information content (AvgIpc) is 1.62. The van der Waals surface area contributed by atoms with Crippen LogP contribution in [0.5, 0.6) is 0 Å². The molecule has 0 saturated carbocycles. The summed E-state index contributed by atoms with van der Waals surface area (Å²) in [5, 5.41) is 8.53. The van der Waals surface area contributed by atoms with Crippen LogP contribution in [0.1, 0.15) is 13.3 Å². The van der Waals surface area contributed by atoms with Crippen molar-refractivity contribution in [1.29, 1.82) is 0 Å². The van der Waals surface area contributed by atoms with E-state index in [-0.39, 0.29) is 6.42 Å². The van der Waals surface area contributed by atoms with Gasteiger partial charge in [0, 0.05) is 0 Å². The van der Waals surface area contributed by atoms with E-state index in [0.717, 1.165) is 0 Å². The number of aliphatic hydroxyl groups excluding tert-OH is 1. The highest BCUT2D eigenvalue weighted by atomic mass is 28.4. The summed E-state index contributed by atoms with van der Waals surface area (Å²) in [5.74, 6) is 0. The summed E-state index contributed by atoms with van der Waals surface area (Å²) in [6, 6.07) is 0. The quantitative estimate of drug-likeness (QED) is 0.283. The van der Waals surface area contributed by atoms with Gasteiger partial charge in [-0.3, -0.25) is 0 Å². The third-order valence-corrected chi connectivity index (χ3v) is 1.23. The van der Waals surface area contributed by atoms with Gasteiger partial charge in [0.25, 0.3) is 0 Å². The third kappa shape index (κ3) is 5.89. The first kappa shape index (κ1) is 9.02. The van der Waals surface area contributed by atoms with E-state index < -0.39 is 15.3 Å². The Morgan fingerprint density at radius 3 is 2.00 bits per heavy atom. The second-order valence-electron chi connectivity index (χ2n) is 1.55.